The van der Waals surface area contributed by atoms with E-state index >= 15 is 0 Å². The van der Waals surface area contributed by atoms with Crippen molar-refractivity contribution in [2.45, 2.75) is 38.1 Å². The quantitative estimate of drug-likeness (QED) is 0.696. The highest BCUT2D eigenvalue weighted by molar-refractivity contribution is 5.95. The Kier molecular flexibility index (Phi) is 6.01. The molecular weight excluding hydrogens is 349 g/mol. The lowest BCUT2D eigenvalue weighted by molar-refractivity contribution is -0.142. The average Bonchev–Trinajstić information content (AvgIpc) is 2.63. The predicted molar refractivity (Wildman–Crippen MR) is 100 cm³/mol. The maximum atomic E-state index is 13.0. The minimum atomic E-state index is -1.06. The lowest BCUT2D eigenvalue weighted by Crippen LogP contribution is -2.50. The molecule has 0 aliphatic carbocycles. The molecule has 6 heteroatoms. The van der Waals surface area contributed by atoms with Gasteiger partial charge in [0.25, 0.3) is 5.91 Å². The van der Waals surface area contributed by atoms with Crippen molar-refractivity contribution in [1.29, 1.82) is 0 Å². The molecule has 0 aliphatic heterocycles. The molecule has 0 saturated carbocycles. The zero-order chi connectivity index (χ0) is 20.2. The number of benzene rings is 2. The van der Waals surface area contributed by atoms with Crippen molar-refractivity contribution in [3.63, 3.8) is 0 Å². The Labute approximate surface area is 157 Å². The van der Waals surface area contributed by atoms with Gasteiger partial charge in [0, 0.05) is 5.56 Å². The largest absolute Gasteiger partial charge is 0.481 e. The third-order valence-corrected chi connectivity index (χ3v) is 4.68. The highest BCUT2D eigenvalue weighted by Crippen LogP contribution is 2.24. The van der Waals surface area contributed by atoms with E-state index in [1.54, 1.807) is 57.2 Å². The van der Waals surface area contributed by atoms with Crippen molar-refractivity contribution in [2.24, 2.45) is 0 Å². The number of rotatable bonds is 7. The molecule has 0 aliphatic rings. The van der Waals surface area contributed by atoms with Crippen LogP contribution in [-0.4, -0.2) is 34.2 Å². The summed E-state index contributed by atoms with van der Waals surface area (Å²) in [5.74, 6) is -1.68. The summed E-state index contributed by atoms with van der Waals surface area (Å²) < 4.78 is 13.0. The van der Waals surface area contributed by atoms with E-state index in [1.165, 1.54) is 12.1 Å². The molecule has 144 valence electrons. The molecule has 1 unspecified atom stereocenters. The fourth-order valence-electron chi connectivity index (χ4n) is 2.70. The second kappa shape index (κ2) is 7.88. The maximum absolute atomic E-state index is 13.0. The number of aliphatic hydroxyl groups excluding tert-OH is 1. The van der Waals surface area contributed by atoms with E-state index < -0.39 is 16.9 Å². The molecule has 0 aromatic heterocycles. The molecule has 0 fully saturated rings. The first kappa shape index (κ1) is 20.6. The van der Waals surface area contributed by atoms with Crippen LogP contribution in [-0.2, 0) is 16.6 Å². The van der Waals surface area contributed by atoms with Crippen LogP contribution in [0.5, 0.6) is 0 Å². The van der Waals surface area contributed by atoms with Gasteiger partial charge in [0.2, 0.25) is 0 Å². The molecule has 0 heterocycles. The lowest BCUT2D eigenvalue weighted by Gasteiger charge is -2.29. The van der Waals surface area contributed by atoms with E-state index in [0.29, 0.717) is 17.5 Å². The van der Waals surface area contributed by atoms with Crippen molar-refractivity contribution in [3.05, 3.63) is 71.0 Å². The molecule has 1 amide bonds. The number of nitrogens with one attached hydrogen (secondary N) is 1. The van der Waals surface area contributed by atoms with Crippen LogP contribution in [0.4, 0.5) is 4.39 Å². The second-order valence-corrected chi connectivity index (χ2v) is 7.48. The standard InChI is InChI=1S/C21H24FNO4/c1-20(2,19(26)27)16-8-6-15(7-9-16)18(25)23-21(3,13-24)12-14-4-10-17(22)11-5-14/h4-11,24H,12-13H2,1-3H3,(H,23,25)(H,26,27). The molecule has 0 saturated heterocycles. The van der Waals surface area contributed by atoms with Gasteiger partial charge in [-0.1, -0.05) is 24.3 Å². The third kappa shape index (κ3) is 4.92. The van der Waals surface area contributed by atoms with Crippen molar-refractivity contribution in [3.8, 4) is 0 Å². The highest BCUT2D eigenvalue weighted by atomic mass is 19.1. The minimum absolute atomic E-state index is 0.291. The van der Waals surface area contributed by atoms with Gasteiger partial charge in [-0.3, -0.25) is 9.59 Å². The molecule has 3 N–H and O–H groups in total. The number of hydrogen-bond donors (Lipinski definition) is 3. The lowest BCUT2D eigenvalue weighted by atomic mass is 9.84. The molecule has 1 atom stereocenters. The summed E-state index contributed by atoms with van der Waals surface area (Å²) in [6.45, 7) is 4.60. The van der Waals surface area contributed by atoms with Crippen LogP contribution in [0.1, 0.15) is 42.3 Å². The van der Waals surface area contributed by atoms with Crippen LogP contribution in [0.25, 0.3) is 0 Å². The Morgan fingerprint density at radius 1 is 1.00 bits per heavy atom. The van der Waals surface area contributed by atoms with Crippen molar-refractivity contribution in [1.82, 2.24) is 5.32 Å². The molecule has 2 aromatic carbocycles. The maximum Gasteiger partial charge on any atom is 0.313 e. The molecular formula is C21H24FNO4. The number of halogens is 1. The number of carbonyl (C=O) groups excluding carboxylic acids is 1. The first-order chi connectivity index (χ1) is 12.6. The summed E-state index contributed by atoms with van der Waals surface area (Å²) in [6.07, 6.45) is 0.333. The Morgan fingerprint density at radius 3 is 2.04 bits per heavy atom. The second-order valence-electron chi connectivity index (χ2n) is 7.48. The van der Waals surface area contributed by atoms with Gasteiger partial charge in [-0.2, -0.15) is 0 Å². The average molecular weight is 373 g/mol. The number of carboxylic acids is 1. The van der Waals surface area contributed by atoms with Crippen LogP contribution >= 0.6 is 0 Å². The molecule has 0 radical (unpaired) electrons. The monoisotopic (exact) mass is 373 g/mol. The van der Waals surface area contributed by atoms with E-state index in [9.17, 15) is 24.2 Å². The molecule has 2 rings (SSSR count). The topological polar surface area (TPSA) is 86.6 Å². The smallest absolute Gasteiger partial charge is 0.313 e. The van der Waals surface area contributed by atoms with Crippen LogP contribution in [0.3, 0.4) is 0 Å². The third-order valence-electron chi connectivity index (χ3n) is 4.68. The Bertz CT molecular complexity index is 815. The van der Waals surface area contributed by atoms with Gasteiger partial charge in [0.05, 0.1) is 17.6 Å². The Balaban J connectivity index is 2.14. The summed E-state index contributed by atoms with van der Waals surface area (Å²) in [6, 6.07) is 12.2. The Hall–Kier alpha value is -2.73. The summed E-state index contributed by atoms with van der Waals surface area (Å²) in [5.41, 5.74) is -0.251. The number of hydrogen-bond acceptors (Lipinski definition) is 3. The fraction of sp³-hybridized carbons (Fsp3) is 0.333. The molecule has 5 nitrogen and oxygen atoms in total. The van der Waals surface area contributed by atoms with Crippen LogP contribution < -0.4 is 5.32 Å². The van der Waals surface area contributed by atoms with Gasteiger partial charge in [-0.25, -0.2) is 4.39 Å². The Morgan fingerprint density at radius 2 is 1.56 bits per heavy atom. The van der Waals surface area contributed by atoms with E-state index in [1.807, 2.05) is 0 Å². The van der Waals surface area contributed by atoms with Crippen molar-refractivity contribution >= 4 is 11.9 Å². The van der Waals surface area contributed by atoms with Gasteiger partial charge in [-0.05, 0) is 62.6 Å². The van der Waals surface area contributed by atoms with Crippen molar-refractivity contribution in [2.75, 3.05) is 6.61 Å². The van der Waals surface area contributed by atoms with E-state index in [-0.39, 0.29) is 18.3 Å². The molecule has 27 heavy (non-hydrogen) atoms. The van der Waals surface area contributed by atoms with E-state index in [4.69, 9.17) is 0 Å². The summed E-state index contributed by atoms with van der Waals surface area (Å²) in [5, 5.41) is 21.8. The van der Waals surface area contributed by atoms with Crippen LogP contribution in [0, 0.1) is 5.82 Å². The highest BCUT2D eigenvalue weighted by Gasteiger charge is 2.30. The van der Waals surface area contributed by atoms with Gasteiger partial charge in [0.1, 0.15) is 5.82 Å². The number of aliphatic carboxylic acids is 1. The number of carboxylic acid groups (broad SMARTS) is 1. The fourth-order valence-corrected chi connectivity index (χ4v) is 2.70. The molecule has 0 spiro atoms. The zero-order valence-corrected chi connectivity index (χ0v) is 15.6. The van der Waals surface area contributed by atoms with E-state index in [2.05, 4.69) is 5.32 Å². The summed E-state index contributed by atoms with van der Waals surface area (Å²) in [7, 11) is 0. The number of carbonyl (C=O) groups is 2. The first-order valence-electron chi connectivity index (χ1n) is 8.59. The number of amides is 1. The SMILES string of the molecule is CC(CO)(Cc1ccc(F)cc1)NC(=O)c1ccc(C(C)(C)C(=O)O)cc1. The van der Waals surface area contributed by atoms with Gasteiger partial charge >= 0.3 is 5.97 Å². The van der Waals surface area contributed by atoms with Gasteiger partial charge in [-0.15, -0.1) is 0 Å². The van der Waals surface area contributed by atoms with E-state index in [0.717, 1.165) is 5.56 Å². The van der Waals surface area contributed by atoms with Crippen LogP contribution in [0.15, 0.2) is 48.5 Å². The minimum Gasteiger partial charge on any atom is -0.481 e. The molecule has 2 aromatic rings. The summed E-state index contributed by atoms with van der Waals surface area (Å²) >= 11 is 0. The normalized spacial score (nSPS) is 13.7. The van der Waals surface area contributed by atoms with Crippen LogP contribution in [0.2, 0.25) is 0 Å². The van der Waals surface area contributed by atoms with Gasteiger partial charge in [0.15, 0.2) is 0 Å². The van der Waals surface area contributed by atoms with Crippen molar-refractivity contribution < 1.29 is 24.2 Å². The zero-order valence-electron chi connectivity index (χ0n) is 15.6. The summed E-state index contributed by atoms with van der Waals surface area (Å²) in [4.78, 5) is 23.9. The molecule has 0 bridgehead atoms. The predicted octanol–water partition coefficient (Wildman–Crippen LogP) is 2.91. The van der Waals surface area contributed by atoms with Gasteiger partial charge < -0.3 is 15.5 Å². The number of aliphatic hydroxyl groups is 1. The first-order valence-corrected chi connectivity index (χ1v) is 8.59.